The van der Waals surface area contributed by atoms with Crippen molar-refractivity contribution < 1.29 is 23.7 Å². The maximum atomic E-state index is 6.82. The molecule has 3 atom stereocenters. The number of para-hydroxylation sites is 3. The number of benzene rings is 3. The second-order valence-corrected chi connectivity index (χ2v) is 10.3. The predicted octanol–water partition coefficient (Wildman–Crippen LogP) is 8.44. The van der Waals surface area contributed by atoms with Gasteiger partial charge in [-0.25, -0.2) is 0 Å². The van der Waals surface area contributed by atoms with Gasteiger partial charge in [0.2, 0.25) is 0 Å². The number of rotatable bonds is 19. The van der Waals surface area contributed by atoms with Crippen molar-refractivity contribution in [2.45, 2.75) is 83.4 Å². The van der Waals surface area contributed by atoms with Gasteiger partial charge >= 0.3 is 5.97 Å². The topological polar surface area (TPSA) is 49.5 Å². The molecule has 39 heavy (non-hydrogen) atoms. The Balaban J connectivity index is 1.73. The van der Waals surface area contributed by atoms with Crippen LogP contribution < -0.4 is 14.2 Å². The first-order valence-electron chi connectivity index (χ1n) is 14.7. The molecule has 1 aliphatic heterocycles. The van der Waals surface area contributed by atoms with Crippen molar-refractivity contribution in [1.29, 1.82) is 0 Å². The van der Waals surface area contributed by atoms with Gasteiger partial charge in [0.1, 0.15) is 29.3 Å². The Morgan fingerprint density at radius 1 is 0.667 bits per heavy atom. The normalized spacial score (nSPS) is 16.3. The molecule has 0 bridgehead atoms. The highest BCUT2D eigenvalue weighted by molar-refractivity contribution is 5.26. The summed E-state index contributed by atoms with van der Waals surface area (Å²) < 4.78 is 32.6. The molecule has 5 heteroatoms. The molecule has 210 valence electrons. The lowest BCUT2D eigenvalue weighted by atomic mass is 9.89. The van der Waals surface area contributed by atoms with E-state index in [1.807, 2.05) is 91.0 Å². The molecule has 0 aromatic heterocycles. The number of unbranched alkanes of at least 4 members (excludes halogenated alkanes) is 4. The zero-order valence-corrected chi connectivity index (χ0v) is 23.5. The van der Waals surface area contributed by atoms with E-state index in [-0.39, 0.29) is 18.1 Å². The Bertz CT molecular complexity index is 938. The summed E-state index contributed by atoms with van der Waals surface area (Å²) in [6.45, 7) is 5.76. The molecule has 0 spiro atoms. The van der Waals surface area contributed by atoms with Crippen molar-refractivity contribution in [3.8, 4) is 17.2 Å². The Morgan fingerprint density at radius 2 is 1.15 bits per heavy atom. The van der Waals surface area contributed by atoms with Crippen LogP contribution in [0.4, 0.5) is 0 Å². The molecule has 0 N–H and O–H groups in total. The van der Waals surface area contributed by atoms with E-state index < -0.39 is 5.97 Å². The van der Waals surface area contributed by atoms with Crippen molar-refractivity contribution in [3.05, 3.63) is 91.0 Å². The summed E-state index contributed by atoms with van der Waals surface area (Å²) in [5.74, 6) is 0.361. The summed E-state index contributed by atoms with van der Waals surface area (Å²) in [4.78, 5) is 0. The number of hydrogen-bond donors (Lipinski definition) is 0. The minimum atomic E-state index is -1.46. The first-order chi connectivity index (χ1) is 19.2. The molecule has 3 aromatic rings. The van der Waals surface area contributed by atoms with E-state index in [0.29, 0.717) is 23.9 Å². The third kappa shape index (κ3) is 9.29. The van der Waals surface area contributed by atoms with Crippen molar-refractivity contribution in [2.24, 2.45) is 5.92 Å². The minimum absolute atomic E-state index is 0.132. The molecule has 1 fully saturated rings. The lowest BCUT2D eigenvalue weighted by Crippen LogP contribution is -2.58. The monoisotopic (exact) mass is 532 g/mol. The van der Waals surface area contributed by atoms with Crippen molar-refractivity contribution in [1.82, 2.24) is 0 Å². The van der Waals surface area contributed by atoms with Gasteiger partial charge < -0.3 is 23.7 Å². The molecule has 0 radical (unpaired) electrons. The molecule has 0 aliphatic carbocycles. The van der Waals surface area contributed by atoms with Crippen molar-refractivity contribution >= 4 is 0 Å². The Kier molecular flexibility index (Phi) is 11.5. The Morgan fingerprint density at radius 3 is 1.59 bits per heavy atom. The Labute approximate surface area is 234 Å². The summed E-state index contributed by atoms with van der Waals surface area (Å²) in [6.07, 6.45) is 8.64. The standard InChI is InChI=1S/C34H44O5/c1-3-5-6-7-17-25-33(36-27-31-26-35-31)32(18-4-2)34(37-28-19-11-8-12-20-28,38-29-21-13-9-14-22-29)39-30-23-15-10-16-24-30/h8-16,19-24,31-33H,3-7,17-18,25-27H2,1-2H3. The van der Waals surface area contributed by atoms with Crippen LogP contribution in [0.15, 0.2) is 91.0 Å². The summed E-state index contributed by atoms with van der Waals surface area (Å²) >= 11 is 0. The van der Waals surface area contributed by atoms with Crippen LogP contribution in [0.3, 0.4) is 0 Å². The lowest BCUT2D eigenvalue weighted by molar-refractivity contribution is -0.305. The number of ether oxygens (including phenoxy) is 5. The van der Waals surface area contributed by atoms with Gasteiger partial charge in [0.05, 0.1) is 19.3 Å². The van der Waals surface area contributed by atoms with Crippen LogP contribution in [0.1, 0.15) is 65.2 Å². The molecule has 0 saturated carbocycles. The maximum absolute atomic E-state index is 6.82. The minimum Gasteiger partial charge on any atom is -0.420 e. The van der Waals surface area contributed by atoms with E-state index in [2.05, 4.69) is 13.8 Å². The predicted molar refractivity (Wildman–Crippen MR) is 155 cm³/mol. The molecular formula is C34H44O5. The highest BCUT2D eigenvalue weighted by Gasteiger charge is 2.51. The van der Waals surface area contributed by atoms with E-state index >= 15 is 0 Å². The second-order valence-electron chi connectivity index (χ2n) is 10.3. The van der Waals surface area contributed by atoms with Crippen LogP contribution in [-0.4, -0.2) is 31.4 Å². The fourth-order valence-corrected chi connectivity index (χ4v) is 4.89. The van der Waals surface area contributed by atoms with Gasteiger partial charge in [-0.05, 0) is 49.2 Å². The molecule has 3 unspecified atom stereocenters. The van der Waals surface area contributed by atoms with Gasteiger partial charge in [0, 0.05) is 0 Å². The van der Waals surface area contributed by atoms with E-state index in [1.165, 1.54) is 25.7 Å². The van der Waals surface area contributed by atoms with Crippen LogP contribution >= 0.6 is 0 Å². The highest BCUT2D eigenvalue weighted by atomic mass is 16.9. The molecule has 4 rings (SSSR count). The van der Waals surface area contributed by atoms with Gasteiger partial charge in [-0.2, -0.15) is 0 Å². The second kappa shape index (κ2) is 15.5. The number of epoxide rings is 1. The third-order valence-electron chi connectivity index (χ3n) is 7.00. The summed E-state index contributed by atoms with van der Waals surface area (Å²) in [5.41, 5.74) is 0. The van der Waals surface area contributed by atoms with Crippen LogP contribution in [0, 0.1) is 5.92 Å². The molecule has 0 amide bonds. The van der Waals surface area contributed by atoms with Crippen LogP contribution in [0.5, 0.6) is 17.2 Å². The lowest BCUT2D eigenvalue weighted by Gasteiger charge is -2.42. The van der Waals surface area contributed by atoms with Crippen molar-refractivity contribution in [3.63, 3.8) is 0 Å². The van der Waals surface area contributed by atoms with Crippen LogP contribution in [-0.2, 0) is 9.47 Å². The average Bonchev–Trinajstić information content (AvgIpc) is 3.80. The number of hydrogen-bond acceptors (Lipinski definition) is 5. The summed E-state index contributed by atoms with van der Waals surface area (Å²) in [5, 5.41) is 0. The molecule has 1 heterocycles. The first-order valence-corrected chi connectivity index (χ1v) is 14.7. The zero-order valence-electron chi connectivity index (χ0n) is 23.5. The van der Waals surface area contributed by atoms with E-state index in [0.717, 1.165) is 32.3 Å². The first kappa shape index (κ1) is 29.0. The van der Waals surface area contributed by atoms with Gasteiger partial charge in [-0.1, -0.05) is 107 Å². The molecule has 3 aromatic carbocycles. The molecule has 5 nitrogen and oxygen atoms in total. The largest absolute Gasteiger partial charge is 0.422 e. The SMILES string of the molecule is CCCCCCCC(OCC1CO1)C(CCC)C(Oc1ccccc1)(Oc1ccccc1)Oc1ccccc1. The summed E-state index contributed by atoms with van der Waals surface area (Å²) in [7, 11) is 0. The fraction of sp³-hybridized carbons (Fsp3) is 0.471. The van der Waals surface area contributed by atoms with Crippen molar-refractivity contribution in [2.75, 3.05) is 13.2 Å². The van der Waals surface area contributed by atoms with E-state index in [1.54, 1.807) is 0 Å². The summed E-state index contributed by atoms with van der Waals surface area (Å²) in [6, 6.07) is 29.4. The van der Waals surface area contributed by atoms with Crippen LogP contribution in [0.2, 0.25) is 0 Å². The van der Waals surface area contributed by atoms with Gasteiger partial charge in [0.25, 0.3) is 0 Å². The average molecular weight is 533 g/mol. The molecule has 1 saturated heterocycles. The Hall–Kier alpha value is -3.02. The van der Waals surface area contributed by atoms with E-state index in [9.17, 15) is 0 Å². The third-order valence-corrected chi connectivity index (χ3v) is 7.00. The highest BCUT2D eigenvalue weighted by Crippen LogP contribution is 2.39. The van der Waals surface area contributed by atoms with Crippen LogP contribution in [0.25, 0.3) is 0 Å². The van der Waals surface area contributed by atoms with Gasteiger partial charge in [-0.3, -0.25) is 0 Å². The van der Waals surface area contributed by atoms with E-state index in [4.69, 9.17) is 23.7 Å². The maximum Gasteiger partial charge on any atom is 0.422 e. The van der Waals surface area contributed by atoms with Gasteiger partial charge in [-0.15, -0.1) is 0 Å². The molecular weight excluding hydrogens is 488 g/mol. The zero-order chi connectivity index (χ0) is 27.2. The van der Waals surface area contributed by atoms with Gasteiger partial charge in [0.15, 0.2) is 0 Å². The fourth-order valence-electron chi connectivity index (χ4n) is 4.89. The smallest absolute Gasteiger partial charge is 0.420 e. The quantitative estimate of drug-likeness (QED) is 0.0881. The molecule has 1 aliphatic rings.